The number of aliphatic hydroxyl groups excluding tert-OH is 1. The second-order valence-corrected chi connectivity index (χ2v) is 4.26. The summed E-state index contributed by atoms with van der Waals surface area (Å²) in [7, 11) is 0. The third-order valence-corrected chi connectivity index (χ3v) is 2.94. The maximum atomic E-state index is 11.9. The largest absolute Gasteiger partial charge is 0.392 e. The van der Waals surface area contributed by atoms with Gasteiger partial charge in [-0.2, -0.15) is 0 Å². The van der Waals surface area contributed by atoms with Gasteiger partial charge < -0.3 is 15.2 Å². The van der Waals surface area contributed by atoms with Crippen molar-refractivity contribution in [2.75, 3.05) is 18.5 Å². The first-order chi connectivity index (χ1) is 8.29. The first-order valence-corrected chi connectivity index (χ1v) is 5.88. The molecule has 17 heavy (non-hydrogen) atoms. The van der Waals surface area contributed by atoms with Crippen molar-refractivity contribution in [2.24, 2.45) is 5.92 Å². The van der Waals surface area contributed by atoms with Crippen LogP contribution in [-0.4, -0.2) is 24.2 Å². The van der Waals surface area contributed by atoms with Crippen molar-refractivity contribution in [1.29, 1.82) is 0 Å². The number of benzene rings is 1. The van der Waals surface area contributed by atoms with Crippen LogP contribution in [0, 0.1) is 5.92 Å². The molecule has 0 spiro atoms. The van der Waals surface area contributed by atoms with E-state index < -0.39 is 0 Å². The van der Waals surface area contributed by atoms with Crippen molar-refractivity contribution < 1.29 is 14.6 Å². The highest BCUT2D eigenvalue weighted by molar-refractivity contribution is 5.92. The molecule has 4 nitrogen and oxygen atoms in total. The molecule has 0 bridgehead atoms. The van der Waals surface area contributed by atoms with E-state index in [0.29, 0.717) is 6.61 Å². The molecule has 1 heterocycles. The fourth-order valence-electron chi connectivity index (χ4n) is 1.89. The average Bonchev–Trinajstić information content (AvgIpc) is 2.40. The van der Waals surface area contributed by atoms with Crippen LogP contribution in [0.4, 0.5) is 5.69 Å². The van der Waals surface area contributed by atoms with Crippen LogP contribution >= 0.6 is 0 Å². The van der Waals surface area contributed by atoms with Gasteiger partial charge in [-0.3, -0.25) is 4.79 Å². The molecule has 1 fully saturated rings. The summed E-state index contributed by atoms with van der Waals surface area (Å²) in [4.78, 5) is 11.9. The molecule has 1 unspecified atom stereocenters. The molecule has 1 aromatic carbocycles. The van der Waals surface area contributed by atoms with E-state index in [1.54, 1.807) is 24.3 Å². The Kier molecular flexibility index (Phi) is 4.12. The average molecular weight is 235 g/mol. The zero-order valence-electron chi connectivity index (χ0n) is 9.69. The Hall–Kier alpha value is -1.39. The second kappa shape index (κ2) is 5.80. The lowest BCUT2D eigenvalue weighted by Crippen LogP contribution is -2.30. The number of ether oxygens (including phenoxy) is 1. The summed E-state index contributed by atoms with van der Waals surface area (Å²) in [6, 6.07) is 7.19. The van der Waals surface area contributed by atoms with Crippen LogP contribution in [0.2, 0.25) is 0 Å². The van der Waals surface area contributed by atoms with E-state index in [1.807, 2.05) is 0 Å². The molecule has 0 aromatic heterocycles. The number of aliphatic hydroxyl groups is 1. The lowest BCUT2D eigenvalue weighted by atomic mass is 10.0. The summed E-state index contributed by atoms with van der Waals surface area (Å²) in [5.74, 6) is -0.0253. The van der Waals surface area contributed by atoms with E-state index in [2.05, 4.69) is 5.32 Å². The summed E-state index contributed by atoms with van der Waals surface area (Å²) >= 11 is 0. The molecule has 4 heteroatoms. The lowest BCUT2D eigenvalue weighted by Gasteiger charge is -2.21. The maximum Gasteiger partial charge on any atom is 0.229 e. The Bertz CT molecular complexity index is 369. The minimum atomic E-state index is -0.0405. The van der Waals surface area contributed by atoms with E-state index >= 15 is 0 Å². The Morgan fingerprint density at radius 3 is 2.76 bits per heavy atom. The third-order valence-electron chi connectivity index (χ3n) is 2.94. The smallest absolute Gasteiger partial charge is 0.229 e. The Morgan fingerprint density at radius 1 is 1.41 bits per heavy atom. The normalized spacial score (nSPS) is 19.9. The number of anilines is 1. The van der Waals surface area contributed by atoms with E-state index in [4.69, 9.17) is 9.84 Å². The third kappa shape index (κ3) is 3.28. The van der Waals surface area contributed by atoms with Crippen LogP contribution in [0.25, 0.3) is 0 Å². The molecule has 1 saturated heterocycles. The Labute approximate surface area is 101 Å². The van der Waals surface area contributed by atoms with E-state index in [9.17, 15) is 4.79 Å². The molecule has 0 radical (unpaired) electrons. The summed E-state index contributed by atoms with van der Waals surface area (Å²) in [5, 5.41) is 11.8. The van der Waals surface area contributed by atoms with Gasteiger partial charge in [0.05, 0.1) is 19.1 Å². The van der Waals surface area contributed by atoms with Crippen LogP contribution in [0.1, 0.15) is 18.4 Å². The minimum absolute atomic E-state index is 0.0152. The Morgan fingerprint density at radius 2 is 2.18 bits per heavy atom. The van der Waals surface area contributed by atoms with Gasteiger partial charge in [0.25, 0.3) is 0 Å². The summed E-state index contributed by atoms with van der Waals surface area (Å²) in [6.45, 7) is 1.29. The fourth-order valence-corrected chi connectivity index (χ4v) is 1.89. The quantitative estimate of drug-likeness (QED) is 0.835. The van der Waals surface area contributed by atoms with Gasteiger partial charge in [-0.25, -0.2) is 0 Å². The number of hydrogen-bond acceptors (Lipinski definition) is 3. The molecule has 2 N–H and O–H groups in total. The van der Waals surface area contributed by atoms with E-state index in [0.717, 1.165) is 30.7 Å². The highest BCUT2D eigenvalue weighted by atomic mass is 16.5. The molecule has 1 aliphatic heterocycles. The first-order valence-electron chi connectivity index (χ1n) is 5.88. The number of nitrogens with one attached hydrogen (secondary N) is 1. The van der Waals surface area contributed by atoms with Gasteiger partial charge >= 0.3 is 0 Å². The van der Waals surface area contributed by atoms with Crippen molar-refractivity contribution in [2.45, 2.75) is 19.4 Å². The predicted octanol–water partition coefficient (Wildman–Crippen LogP) is 1.54. The fraction of sp³-hybridized carbons (Fsp3) is 0.462. The lowest BCUT2D eigenvalue weighted by molar-refractivity contribution is -0.123. The van der Waals surface area contributed by atoms with Crippen LogP contribution in [0.5, 0.6) is 0 Å². The monoisotopic (exact) mass is 235 g/mol. The van der Waals surface area contributed by atoms with E-state index in [1.165, 1.54) is 0 Å². The SMILES string of the molecule is O=C(Nc1ccc(CO)cc1)C1CCCOC1. The molecule has 1 aliphatic rings. The highest BCUT2D eigenvalue weighted by Gasteiger charge is 2.21. The zero-order valence-corrected chi connectivity index (χ0v) is 9.69. The van der Waals surface area contributed by atoms with Crippen LogP contribution < -0.4 is 5.32 Å². The number of carbonyl (C=O) groups excluding carboxylic acids is 1. The molecule has 0 aliphatic carbocycles. The zero-order chi connectivity index (χ0) is 12.1. The van der Waals surface area contributed by atoms with Gasteiger partial charge in [-0.15, -0.1) is 0 Å². The van der Waals surface area contributed by atoms with Gasteiger partial charge in [0.1, 0.15) is 0 Å². The molecule has 1 aromatic rings. The molecular weight excluding hydrogens is 218 g/mol. The van der Waals surface area contributed by atoms with Gasteiger partial charge in [-0.05, 0) is 30.5 Å². The van der Waals surface area contributed by atoms with Crippen LogP contribution in [0.15, 0.2) is 24.3 Å². The minimum Gasteiger partial charge on any atom is -0.392 e. The van der Waals surface area contributed by atoms with Crippen LogP contribution in [0.3, 0.4) is 0 Å². The Balaban J connectivity index is 1.92. The van der Waals surface area contributed by atoms with Gasteiger partial charge in [0.15, 0.2) is 0 Å². The number of amides is 1. The van der Waals surface area contributed by atoms with Gasteiger partial charge in [-0.1, -0.05) is 12.1 Å². The van der Waals surface area contributed by atoms with Crippen LogP contribution in [-0.2, 0) is 16.1 Å². The molecule has 92 valence electrons. The molecule has 0 saturated carbocycles. The number of carbonyl (C=O) groups is 1. The standard InChI is InChI=1S/C13H17NO3/c15-8-10-3-5-12(6-4-10)14-13(16)11-2-1-7-17-9-11/h3-6,11,15H,1-2,7-9H2,(H,14,16). The predicted molar refractivity (Wildman–Crippen MR) is 64.5 cm³/mol. The second-order valence-electron chi connectivity index (χ2n) is 4.26. The summed E-state index contributed by atoms with van der Waals surface area (Å²) in [5.41, 5.74) is 1.60. The number of hydrogen-bond donors (Lipinski definition) is 2. The van der Waals surface area contributed by atoms with Crippen molar-refractivity contribution in [1.82, 2.24) is 0 Å². The van der Waals surface area contributed by atoms with Gasteiger partial charge in [0.2, 0.25) is 5.91 Å². The van der Waals surface area contributed by atoms with Gasteiger partial charge in [0, 0.05) is 12.3 Å². The van der Waals surface area contributed by atoms with Crippen molar-refractivity contribution in [3.63, 3.8) is 0 Å². The highest BCUT2D eigenvalue weighted by Crippen LogP contribution is 2.17. The topological polar surface area (TPSA) is 58.6 Å². The van der Waals surface area contributed by atoms with E-state index in [-0.39, 0.29) is 18.4 Å². The van der Waals surface area contributed by atoms with Crippen molar-refractivity contribution >= 4 is 11.6 Å². The molecule has 1 amide bonds. The summed E-state index contributed by atoms with van der Waals surface area (Å²) in [6.07, 6.45) is 1.84. The summed E-state index contributed by atoms with van der Waals surface area (Å²) < 4.78 is 5.28. The molecule has 1 atom stereocenters. The maximum absolute atomic E-state index is 11.9. The first kappa shape index (κ1) is 12.1. The molecule has 2 rings (SSSR count). The number of rotatable bonds is 3. The molecular formula is C13H17NO3. The van der Waals surface area contributed by atoms with Crippen molar-refractivity contribution in [3.8, 4) is 0 Å². The van der Waals surface area contributed by atoms with Crippen molar-refractivity contribution in [3.05, 3.63) is 29.8 Å².